The first-order chi connectivity index (χ1) is 20.6. The number of nitrogens with zero attached hydrogens (tertiary/aromatic N) is 5. The summed E-state index contributed by atoms with van der Waals surface area (Å²) >= 11 is 1.32. The maximum atomic E-state index is 13.2. The molecule has 42 heavy (non-hydrogen) atoms. The Balaban J connectivity index is 1.10. The third-order valence-electron chi connectivity index (χ3n) is 7.66. The molecule has 10 heteroatoms. The molecule has 0 bridgehead atoms. The van der Waals surface area contributed by atoms with Gasteiger partial charge in [-0.2, -0.15) is 4.99 Å². The summed E-state index contributed by atoms with van der Waals surface area (Å²) in [4.78, 5) is 54.2. The molecule has 3 aromatic rings. The molecule has 3 aromatic carbocycles. The lowest BCUT2D eigenvalue weighted by Crippen LogP contribution is -2.49. The third kappa shape index (κ3) is 6.08. The fraction of sp³-hybridized carbons (Fsp3) is 0.281. The molecule has 0 aromatic heterocycles. The lowest BCUT2D eigenvalue weighted by atomic mass is 10.1. The van der Waals surface area contributed by atoms with E-state index in [-0.39, 0.29) is 29.9 Å². The van der Waals surface area contributed by atoms with Crippen LogP contribution in [0.5, 0.6) is 0 Å². The quantitative estimate of drug-likeness (QED) is 0.435. The summed E-state index contributed by atoms with van der Waals surface area (Å²) in [6.07, 6.45) is 0.469. The summed E-state index contributed by atoms with van der Waals surface area (Å²) in [6, 6.07) is 26.8. The fourth-order valence-corrected chi connectivity index (χ4v) is 6.35. The Morgan fingerprint density at radius 3 is 2.31 bits per heavy atom. The maximum absolute atomic E-state index is 13.2. The summed E-state index contributed by atoms with van der Waals surface area (Å²) in [5.74, 6) is 0.346. The van der Waals surface area contributed by atoms with Gasteiger partial charge in [-0.15, -0.1) is 0 Å². The van der Waals surface area contributed by atoms with E-state index in [4.69, 9.17) is 4.99 Å². The van der Waals surface area contributed by atoms with Crippen molar-refractivity contribution in [3.05, 3.63) is 96.1 Å². The highest BCUT2D eigenvalue weighted by atomic mass is 32.2. The second-order valence-electron chi connectivity index (χ2n) is 10.4. The number of piperazine rings is 1. The van der Waals surface area contributed by atoms with E-state index in [9.17, 15) is 14.4 Å². The smallest absolute Gasteiger partial charge is 0.270 e. The van der Waals surface area contributed by atoms with Crippen LogP contribution in [0, 0.1) is 0 Å². The van der Waals surface area contributed by atoms with Crippen molar-refractivity contribution in [2.45, 2.75) is 25.4 Å². The van der Waals surface area contributed by atoms with Crippen LogP contribution in [0.2, 0.25) is 0 Å². The number of para-hydroxylation sites is 2. The van der Waals surface area contributed by atoms with Gasteiger partial charge in [-0.25, -0.2) is 4.99 Å². The predicted octanol–water partition coefficient (Wildman–Crippen LogP) is 3.82. The monoisotopic (exact) mass is 580 g/mol. The normalized spacial score (nSPS) is 17.8. The molecule has 0 saturated carbocycles. The number of thioether (sulfide) groups is 1. The van der Waals surface area contributed by atoms with Gasteiger partial charge < -0.3 is 15.1 Å². The van der Waals surface area contributed by atoms with Crippen LogP contribution in [-0.4, -0.2) is 76.5 Å². The predicted molar refractivity (Wildman–Crippen MR) is 166 cm³/mol. The first kappa shape index (κ1) is 27.7. The molecule has 9 nitrogen and oxygen atoms in total. The molecule has 3 aliphatic heterocycles. The minimum Gasteiger partial charge on any atom is -0.368 e. The summed E-state index contributed by atoms with van der Waals surface area (Å²) in [5, 5.41) is 3.49. The number of hydrogen-bond acceptors (Lipinski definition) is 7. The van der Waals surface area contributed by atoms with E-state index in [0.717, 1.165) is 24.2 Å². The van der Waals surface area contributed by atoms with Gasteiger partial charge in [0.15, 0.2) is 5.17 Å². The Morgan fingerprint density at radius 1 is 0.857 bits per heavy atom. The first-order valence-corrected chi connectivity index (χ1v) is 15.2. The van der Waals surface area contributed by atoms with Crippen molar-refractivity contribution in [3.8, 4) is 0 Å². The Morgan fingerprint density at radius 2 is 1.55 bits per heavy atom. The van der Waals surface area contributed by atoms with E-state index in [1.807, 2.05) is 82.6 Å². The number of amidine groups is 2. The fourth-order valence-electron chi connectivity index (χ4n) is 5.40. The minimum absolute atomic E-state index is 0.0372. The molecule has 1 fully saturated rings. The molecule has 214 valence electrons. The van der Waals surface area contributed by atoms with Crippen LogP contribution in [0.4, 0.5) is 11.4 Å². The Kier molecular flexibility index (Phi) is 8.32. The van der Waals surface area contributed by atoms with Crippen molar-refractivity contribution in [2.24, 2.45) is 9.98 Å². The van der Waals surface area contributed by atoms with Gasteiger partial charge in [0, 0.05) is 50.4 Å². The number of nitrogens with one attached hydrogen (secondary N) is 1. The van der Waals surface area contributed by atoms with E-state index in [2.05, 4.69) is 27.3 Å². The molecule has 3 amide bonds. The van der Waals surface area contributed by atoms with E-state index >= 15 is 0 Å². The van der Waals surface area contributed by atoms with Crippen LogP contribution in [0.25, 0.3) is 0 Å². The lowest BCUT2D eigenvalue weighted by molar-refractivity contribution is -0.128. The van der Waals surface area contributed by atoms with Crippen LogP contribution in [-0.2, 0) is 20.9 Å². The zero-order valence-corrected chi connectivity index (χ0v) is 24.0. The molecule has 0 radical (unpaired) electrons. The van der Waals surface area contributed by atoms with Gasteiger partial charge in [0.25, 0.3) is 5.91 Å². The first-order valence-electron chi connectivity index (χ1n) is 14.2. The lowest BCUT2D eigenvalue weighted by Gasteiger charge is -2.36. The minimum atomic E-state index is -0.647. The van der Waals surface area contributed by atoms with Crippen molar-refractivity contribution in [2.75, 3.05) is 36.8 Å². The van der Waals surface area contributed by atoms with E-state index in [1.54, 1.807) is 0 Å². The van der Waals surface area contributed by atoms with Gasteiger partial charge in [0.05, 0.1) is 11.4 Å². The van der Waals surface area contributed by atoms with E-state index in [1.165, 1.54) is 17.4 Å². The van der Waals surface area contributed by atoms with Crippen LogP contribution >= 0.6 is 11.8 Å². The van der Waals surface area contributed by atoms with Gasteiger partial charge in [-0.3, -0.25) is 19.3 Å². The van der Waals surface area contributed by atoms with Gasteiger partial charge in [-0.1, -0.05) is 72.4 Å². The number of anilines is 1. The van der Waals surface area contributed by atoms with Crippen molar-refractivity contribution < 1.29 is 14.4 Å². The molecule has 0 aliphatic carbocycles. The molecule has 1 saturated heterocycles. The summed E-state index contributed by atoms with van der Waals surface area (Å²) < 4.78 is 0. The molecule has 3 aliphatic rings. The number of hydrogen-bond donors (Lipinski definition) is 1. The second-order valence-corrected chi connectivity index (χ2v) is 11.3. The average molecular weight is 581 g/mol. The average Bonchev–Trinajstić information content (AvgIpc) is 3.38. The number of aliphatic imine (C=N–C) groups is 2. The van der Waals surface area contributed by atoms with E-state index < -0.39 is 6.04 Å². The zero-order chi connectivity index (χ0) is 28.9. The van der Waals surface area contributed by atoms with Crippen LogP contribution < -0.4 is 10.2 Å². The molecular weight excluding hydrogens is 548 g/mol. The standard InChI is InChI=1S/C32H32N6O3S/c39-28(33-21-23-9-3-1-4-10-23)16-15-27-31(41)35-30-25-13-7-8-14-26(25)34-32(38(27)30)42-22-29(40)37-19-17-36(18-20-37)24-11-5-2-6-12-24/h1-14,27H,15-22H2,(H,33,39). The van der Waals surface area contributed by atoms with Crippen molar-refractivity contribution in [1.82, 2.24) is 15.1 Å². The topological polar surface area (TPSA) is 97.7 Å². The molecule has 0 spiro atoms. The molecular formula is C32H32N6O3S. The number of carbonyl (C=O) groups excluding carboxylic acids is 3. The molecule has 3 heterocycles. The Labute approximate surface area is 249 Å². The van der Waals surface area contributed by atoms with Crippen LogP contribution in [0.3, 0.4) is 0 Å². The van der Waals surface area contributed by atoms with Crippen LogP contribution in [0.15, 0.2) is 94.9 Å². The SMILES string of the molecule is O=C(CCC1C(=O)N=C2c3ccccc3N=C(SCC(=O)N3CCN(c4ccccc4)CC3)N21)NCc1ccccc1. The van der Waals surface area contributed by atoms with Crippen LogP contribution in [0.1, 0.15) is 24.0 Å². The van der Waals surface area contributed by atoms with Crippen molar-refractivity contribution in [3.63, 3.8) is 0 Å². The Hall–Kier alpha value is -4.44. The van der Waals surface area contributed by atoms with Crippen molar-refractivity contribution >= 4 is 51.9 Å². The second kappa shape index (κ2) is 12.6. The van der Waals surface area contributed by atoms with E-state index in [0.29, 0.717) is 42.7 Å². The number of amides is 3. The molecule has 1 N–H and O–H groups in total. The number of rotatable bonds is 8. The maximum Gasteiger partial charge on any atom is 0.270 e. The van der Waals surface area contributed by atoms with Gasteiger partial charge >= 0.3 is 0 Å². The summed E-state index contributed by atoms with van der Waals surface area (Å²) in [7, 11) is 0. The van der Waals surface area contributed by atoms with Gasteiger partial charge in [0.2, 0.25) is 11.8 Å². The largest absolute Gasteiger partial charge is 0.368 e. The third-order valence-corrected chi connectivity index (χ3v) is 8.60. The molecule has 1 atom stereocenters. The number of carbonyl (C=O) groups is 3. The number of benzene rings is 3. The zero-order valence-electron chi connectivity index (χ0n) is 23.2. The van der Waals surface area contributed by atoms with Crippen molar-refractivity contribution in [1.29, 1.82) is 0 Å². The summed E-state index contributed by atoms with van der Waals surface area (Å²) in [5.41, 5.74) is 3.67. The molecule has 1 unspecified atom stereocenters. The van der Waals surface area contributed by atoms with Gasteiger partial charge in [0.1, 0.15) is 11.9 Å². The highest BCUT2D eigenvalue weighted by molar-refractivity contribution is 8.14. The van der Waals surface area contributed by atoms with Gasteiger partial charge in [-0.05, 0) is 36.2 Å². The number of fused-ring (bicyclic) bond motifs is 3. The highest BCUT2D eigenvalue weighted by Gasteiger charge is 2.42. The summed E-state index contributed by atoms with van der Waals surface area (Å²) in [6.45, 7) is 3.29. The Bertz CT molecular complexity index is 1520. The highest BCUT2D eigenvalue weighted by Crippen LogP contribution is 2.35. The molecule has 6 rings (SSSR count).